The van der Waals surface area contributed by atoms with E-state index in [2.05, 4.69) is 155 Å². The van der Waals surface area contributed by atoms with Crippen molar-refractivity contribution in [3.63, 3.8) is 0 Å². The molecule has 0 saturated carbocycles. The van der Waals surface area contributed by atoms with Crippen LogP contribution in [0.2, 0.25) is 0 Å². The van der Waals surface area contributed by atoms with Gasteiger partial charge >= 0.3 is 0 Å². The third-order valence-electron chi connectivity index (χ3n) is 9.28. The van der Waals surface area contributed by atoms with E-state index in [9.17, 15) is 0 Å². The van der Waals surface area contributed by atoms with Crippen LogP contribution in [0.1, 0.15) is 0 Å². The number of anilines is 3. The van der Waals surface area contributed by atoms with Crippen LogP contribution in [0, 0.1) is 0 Å². The van der Waals surface area contributed by atoms with E-state index in [4.69, 9.17) is 4.42 Å². The first-order chi connectivity index (χ1) is 22.3. The van der Waals surface area contributed by atoms with Crippen molar-refractivity contribution in [3.8, 4) is 27.9 Å². The largest absolute Gasteiger partial charge is 0.455 e. The van der Waals surface area contributed by atoms with Crippen LogP contribution in [0.3, 0.4) is 0 Å². The van der Waals surface area contributed by atoms with Gasteiger partial charge in [0.1, 0.15) is 17.0 Å². The molecule has 0 fully saturated rings. The van der Waals surface area contributed by atoms with Gasteiger partial charge in [-0.2, -0.15) is 0 Å². The summed E-state index contributed by atoms with van der Waals surface area (Å²) in [5.74, 6) is 1.11. The topological polar surface area (TPSA) is 21.3 Å². The monoisotopic (exact) mass is 574 g/mol. The highest BCUT2D eigenvalue weighted by Crippen LogP contribution is 2.50. The van der Waals surface area contributed by atoms with E-state index in [1.54, 1.807) is 0 Å². The molecular weight excluding hydrogens is 548 g/mol. The number of para-hydroxylation sites is 4. The molecule has 10 rings (SSSR count). The molecule has 0 bridgehead atoms. The Kier molecular flexibility index (Phi) is 5.00. The Morgan fingerprint density at radius 3 is 2.09 bits per heavy atom. The molecule has 45 heavy (non-hydrogen) atoms. The third-order valence-corrected chi connectivity index (χ3v) is 9.28. The highest BCUT2D eigenvalue weighted by molar-refractivity contribution is 6.10. The molecule has 0 radical (unpaired) electrons. The molecule has 1 aliphatic heterocycles. The van der Waals surface area contributed by atoms with E-state index in [1.807, 2.05) is 12.1 Å². The van der Waals surface area contributed by atoms with E-state index in [0.29, 0.717) is 0 Å². The zero-order valence-electron chi connectivity index (χ0n) is 24.3. The highest BCUT2D eigenvalue weighted by atomic mass is 16.3. The van der Waals surface area contributed by atoms with E-state index >= 15 is 0 Å². The van der Waals surface area contributed by atoms with Gasteiger partial charge in [-0.25, -0.2) is 0 Å². The average Bonchev–Trinajstić information content (AvgIpc) is 3.64. The lowest BCUT2D eigenvalue weighted by molar-refractivity contribution is 0.670. The fourth-order valence-electron chi connectivity index (χ4n) is 7.27. The number of aromatic nitrogens is 1. The maximum Gasteiger partial charge on any atom is 0.143 e. The first-order valence-corrected chi connectivity index (χ1v) is 15.4. The van der Waals surface area contributed by atoms with Crippen molar-refractivity contribution in [2.45, 2.75) is 0 Å². The van der Waals surface area contributed by atoms with Crippen LogP contribution < -0.4 is 4.90 Å². The summed E-state index contributed by atoms with van der Waals surface area (Å²) in [6.07, 6.45) is 0. The molecule has 0 unspecified atom stereocenters. The number of fused-ring (bicyclic) bond motifs is 11. The Morgan fingerprint density at radius 2 is 1.16 bits per heavy atom. The van der Waals surface area contributed by atoms with Crippen molar-refractivity contribution in [1.29, 1.82) is 0 Å². The normalized spacial score (nSPS) is 12.4. The average molecular weight is 575 g/mol. The second-order valence-corrected chi connectivity index (χ2v) is 11.8. The Hall–Kier alpha value is -6.06. The van der Waals surface area contributed by atoms with Gasteiger partial charge in [0.05, 0.1) is 16.9 Å². The lowest BCUT2D eigenvalue weighted by atomic mass is 9.96. The minimum atomic E-state index is 0.909. The number of furan rings is 1. The molecule has 3 nitrogen and oxygen atoms in total. The van der Waals surface area contributed by atoms with E-state index in [-0.39, 0.29) is 0 Å². The highest BCUT2D eigenvalue weighted by Gasteiger charge is 2.28. The van der Waals surface area contributed by atoms with E-state index in [0.717, 1.165) is 50.3 Å². The van der Waals surface area contributed by atoms with Crippen LogP contribution >= 0.6 is 0 Å². The summed E-state index contributed by atoms with van der Waals surface area (Å²) in [6, 6.07) is 56.8. The van der Waals surface area contributed by atoms with Gasteiger partial charge in [0, 0.05) is 38.5 Å². The molecule has 7 aromatic carbocycles. The molecule has 1 aliphatic rings. The van der Waals surface area contributed by atoms with Crippen LogP contribution in [-0.4, -0.2) is 4.57 Å². The second-order valence-electron chi connectivity index (χ2n) is 11.8. The van der Waals surface area contributed by atoms with Crippen LogP contribution in [0.25, 0.3) is 71.6 Å². The van der Waals surface area contributed by atoms with Crippen molar-refractivity contribution in [2.75, 3.05) is 4.90 Å². The molecule has 0 aliphatic carbocycles. The number of nitrogens with zero attached hydrogens (tertiary/aromatic N) is 2. The van der Waals surface area contributed by atoms with Gasteiger partial charge in [-0.05, 0) is 64.9 Å². The molecular formula is C42H26N2O. The van der Waals surface area contributed by atoms with Gasteiger partial charge in [-0.15, -0.1) is 0 Å². The minimum absolute atomic E-state index is 0.909. The minimum Gasteiger partial charge on any atom is -0.455 e. The fraction of sp³-hybridized carbons (Fsp3) is 0. The smallest absolute Gasteiger partial charge is 0.143 e. The van der Waals surface area contributed by atoms with Crippen molar-refractivity contribution < 1.29 is 4.42 Å². The second kappa shape index (κ2) is 9.22. The summed E-state index contributed by atoms with van der Waals surface area (Å²) in [5, 5.41) is 5.93. The Labute approximate surface area is 259 Å². The Balaban J connectivity index is 1.28. The standard InChI is InChI=1S/C42H26N2O/c1-2-12-28-25-39-36(24-27(28)11-1)33-16-4-7-21-38(33)44-37-20-6-3-13-30(37)26-41(44)43(39)31-15-9-14-29(23-31)32-18-10-19-35-34-17-5-8-22-40(34)45-42(32)35/h1-26H. The molecule has 210 valence electrons. The first-order valence-electron chi connectivity index (χ1n) is 15.4. The van der Waals surface area contributed by atoms with Crippen molar-refractivity contribution in [2.24, 2.45) is 0 Å². The van der Waals surface area contributed by atoms with Crippen LogP contribution in [0.5, 0.6) is 0 Å². The number of hydrogen-bond donors (Lipinski definition) is 0. The maximum atomic E-state index is 6.47. The van der Waals surface area contributed by atoms with Crippen molar-refractivity contribution in [3.05, 3.63) is 158 Å². The molecule has 0 saturated heterocycles. The zero-order valence-corrected chi connectivity index (χ0v) is 24.3. The maximum absolute atomic E-state index is 6.47. The summed E-state index contributed by atoms with van der Waals surface area (Å²) in [5.41, 5.74) is 11.1. The lowest BCUT2D eigenvalue weighted by Crippen LogP contribution is -2.13. The molecule has 0 N–H and O–H groups in total. The Morgan fingerprint density at radius 1 is 0.444 bits per heavy atom. The van der Waals surface area contributed by atoms with Gasteiger partial charge < -0.3 is 4.42 Å². The van der Waals surface area contributed by atoms with Crippen LogP contribution in [-0.2, 0) is 0 Å². The molecule has 0 spiro atoms. The molecule has 3 heteroatoms. The first kappa shape index (κ1) is 24.4. The van der Waals surface area contributed by atoms with Crippen molar-refractivity contribution in [1.82, 2.24) is 4.57 Å². The van der Waals surface area contributed by atoms with E-state index in [1.165, 1.54) is 38.5 Å². The predicted molar refractivity (Wildman–Crippen MR) is 187 cm³/mol. The van der Waals surface area contributed by atoms with Crippen LogP contribution in [0.15, 0.2) is 162 Å². The molecule has 9 aromatic rings. The van der Waals surface area contributed by atoms with Crippen LogP contribution in [0.4, 0.5) is 17.2 Å². The molecule has 0 amide bonds. The summed E-state index contributed by atoms with van der Waals surface area (Å²) in [6.45, 7) is 0. The van der Waals surface area contributed by atoms with Gasteiger partial charge in [0.15, 0.2) is 0 Å². The fourth-order valence-corrected chi connectivity index (χ4v) is 7.27. The molecule has 2 aromatic heterocycles. The predicted octanol–water partition coefficient (Wildman–Crippen LogP) is 11.8. The summed E-state index contributed by atoms with van der Waals surface area (Å²) >= 11 is 0. The van der Waals surface area contributed by atoms with Gasteiger partial charge in [0.2, 0.25) is 0 Å². The quantitative estimate of drug-likeness (QED) is 0.205. The Bertz CT molecular complexity index is 2620. The molecule has 3 heterocycles. The van der Waals surface area contributed by atoms with Gasteiger partial charge in [0.25, 0.3) is 0 Å². The molecule has 0 atom stereocenters. The van der Waals surface area contributed by atoms with E-state index < -0.39 is 0 Å². The summed E-state index contributed by atoms with van der Waals surface area (Å²) in [7, 11) is 0. The summed E-state index contributed by atoms with van der Waals surface area (Å²) in [4.78, 5) is 2.43. The lowest BCUT2D eigenvalue weighted by Gasteiger charge is -2.27. The third kappa shape index (κ3) is 3.52. The van der Waals surface area contributed by atoms with Crippen molar-refractivity contribution >= 4 is 60.8 Å². The number of rotatable bonds is 2. The summed E-state index contributed by atoms with van der Waals surface area (Å²) < 4.78 is 8.89. The number of benzene rings is 7. The van der Waals surface area contributed by atoms with Gasteiger partial charge in [-0.3, -0.25) is 9.47 Å². The zero-order chi connectivity index (χ0) is 29.5. The SMILES string of the molecule is c1cc(-c2cccc3c2oc2ccccc23)cc(N2c3cc4ccccc4cc3-c3ccccc3-n3c2cc2ccccc23)c1. The van der Waals surface area contributed by atoms with Gasteiger partial charge in [-0.1, -0.05) is 109 Å². The number of hydrogen-bond acceptors (Lipinski definition) is 2.